The smallest absolute Gasteiger partial charge is 0.325 e. The SMILES string of the molecule is COc1ccc(CNC(=O)CN2C(=O)N[C@@H](CCSC)C2=O)cc1. The van der Waals surface area contributed by atoms with Gasteiger partial charge in [0.15, 0.2) is 0 Å². The molecule has 4 amide bonds. The number of methoxy groups -OCH3 is 1. The maximum absolute atomic E-state index is 12.1. The van der Waals surface area contributed by atoms with Crippen LogP contribution >= 0.6 is 11.8 Å². The number of nitrogens with zero attached hydrogens (tertiary/aromatic N) is 1. The van der Waals surface area contributed by atoms with Crippen LogP contribution in [0.25, 0.3) is 0 Å². The van der Waals surface area contributed by atoms with Crippen molar-refractivity contribution in [2.75, 3.05) is 25.7 Å². The third kappa shape index (κ3) is 4.64. The number of thioether (sulfide) groups is 1. The second kappa shape index (κ2) is 8.58. The summed E-state index contributed by atoms with van der Waals surface area (Å²) in [6, 6.07) is 6.24. The first-order chi connectivity index (χ1) is 11.5. The molecule has 1 aromatic rings. The summed E-state index contributed by atoms with van der Waals surface area (Å²) in [5.41, 5.74) is 0.902. The normalized spacial score (nSPS) is 16.9. The molecule has 130 valence electrons. The summed E-state index contributed by atoms with van der Waals surface area (Å²) >= 11 is 1.60. The van der Waals surface area contributed by atoms with Crippen molar-refractivity contribution < 1.29 is 19.1 Å². The largest absolute Gasteiger partial charge is 0.497 e. The molecule has 1 heterocycles. The highest BCUT2D eigenvalue weighted by Crippen LogP contribution is 2.12. The molecular formula is C16H21N3O4S. The van der Waals surface area contributed by atoms with E-state index in [0.29, 0.717) is 13.0 Å². The number of benzene rings is 1. The number of amides is 4. The van der Waals surface area contributed by atoms with Gasteiger partial charge in [-0.1, -0.05) is 12.1 Å². The quantitative estimate of drug-likeness (QED) is 0.682. The van der Waals surface area contributed by atoms with Crippen LogP contribution in [-0.4, -0.2) is 54.5 Å². The number of rotatable bonds is 8. The van der Waals surface area contributed by atoms with Crippen molar-refractivity contribution in [1.82, 2.24) is 15.5 Å². The number of ether oxygens (including phenoxy) is 1. The number of nitrogens with one attached hydrogen (secondary N) is 2. The van der Waals surface area contributed by atoms with Crippen molar-refractivity contribution in [1.29, 1.82) is 0 Å². The van der Waals surface area contributed by atoms with Crippen LogP contribution in [0.1, 0.15) is 12.0 Å². The lowest BCUT2D eigenvalue weighted by Crippen LogP contribution is -2.41. The van der Waals surface area contributed by atoms with Gasteiger partial charge in [0, 0.05) is 6.54 Å². The van der Waals surface area contributed by atoms with Gasteiger partial charge in [0.2, 0.25) is 5.91 Å². The molecule has 8 heteroatoms. The van der Waals surface area contributed by atoms with E-state index in [0.717, 1.165) is 22.0 Å². The minimum Gasteiger partial charge on any atom is -0.497 e. The minimum atomic E-state index is -0.528. The molecule has 1 saturated heterocycles. The van der Waals surface area contributed by atoms with Crippen molar-refractivity contribution in [3.8, 4) is 5.75 Å². The highest BCUT2D eigenvalue weighted by Gasteiger charge is 2.38. The van der Waals surface area contributed by atoms with E-state index in [9.17, 15) is 14.4 Å². The number of imide groups is 1. The number of urea groups is 1. The van der Waals surface area contributed by atoms with Crippen molar-refractivity contribution in [3.05, 3.63) is 29.8 Å². The van der Waals surface area contributed by atoms with Crippen LogP contribution < -0.4 is 15.4 Å². The van der Waals surface area contributed by atoms with Gasteiger partial charge in [0.1, 0.15) is 18.3 Å². The number of carbonyl (C=O) groups is 3. The van der Waals surface area contributed by atoms with E-state index in [-0.39, 0.29) is 18.4 Å². The molecule has 1 aliphatic rings. The summed E-state index contributed by atoms with van der Waals surface area (Å²) in [5, 5.41) is 5.32. The van der Waals surface area contributed by atoms with Crippen molar-refractivity contribution in [2.24, 2.45) is 0 Å². The van der Waals surface area contributed by atoms with Gasteiger partial charge in [-0.05, 0) is 36.1 Å². The lowest BCUT2D eigenvalue weighted by atomic mass is 10.2. The highest BCUT2D eigenvalue weighted by atomic mass is 32.2. The fraction of sp³-hybridized carbons (Fsp3) is 0.438. The Bertz CT molecular complexity index is 606. The predicted octanol–water partition coefficient (Wildman–Crippen LogP) is 0.985. The van der Waals surface area contributed by atoms with Gasteiger partial charge in [-0.3, -0.25) is 14.5 Å². The van der Waals surface area contributed by atoms with Gasteiger partial charge in [-0.2, -0.15) is 11.8 Å². The molecule has 1 aromatic carbocycles. The predicted molar refractivity (Wildman–Crippen MR) is 91.9 cm³/mol. The molecule has 1 aliphatic heterocycles. The molecule has 0 spiro atoms. The minimum absolute atomic E-state index is 0.267. The number of hydrogen-bond acceptors (Lipinski definition) is 5. The lowest BCUT2D eigenvalue weighted by Gasteiger charge is -2.13. The number of hydrogen-bond donors (Lipinski definition) is 2. The van der Waals surface area contributed by atoms with Crippen molar-refractivity contribution >= 4 is 29.6 Å². The Morgan fingerprint density at radius 1 is 1.33 bits per heavy atom. The Kier molecular flexibility index (Phi) is 6.48. The highest BCUT2D eigenvalue weighted by molar-refractivity contribution is 7.98. The Morgan fingerprint density at radius 2 is 2.04 bits per heavy atom. The first kappa shape index (κ1) is 18.1. The zero-order valence-corrected chi connectivity index (χ0v) is 14.5. The van der Waals surface area contributed by atoms with Gasteiger partial charge in [-0.15, -0.1) is 0 Å². The zero-order chi connectivity index (χ0) is 17.5. The summed E-state index contributed by atoms with van der Waals surface area (Å²) in [7, 11) is 1.58. The van der Waals surface area contributed by atoms with E-state index in [1.807, 2.05) is 18.4 Å². The summed E-state index contributed by atoms with van der Waals surface area (Å²) in [5.74, 6) is 0.794. The summed E-state index contributed by atoms with van der Waals surface area (Å²) in [4.78, 5) is 36.9. The number of carbonyl (C=O) groups excluding carboxylic acids is 3. The molecule has 0 aliphatic carbocycles. The maximum atomic E-state index is 12.1. The summed E-state index contributed by atoms with van der Waals surface area (Å²) < 4.78 is 5.07. The van der Waals surface area contributed by atoms with Crippen LogP contribution in [0.2, 0.25) is 0 Å². The van der Waals surface area contributed by atoms with E-state index in [2.05, 4.69) is 10.6 Å². The maximum Gasteiger partial charge on any atom is 0.325 e. The molecule has 0 aromatic heterocycles. The molecule has 0 unspecified atom stereocenters. The Balaban J connectivity index is 1.83. The molecule has 0 bridgehead atoms. The third-order valence-corrected chi connectivity index (χ3v) is 4.31. The van der Waals surface area contributed by atoms with Crippen LogP contribution in [0.5, 0.6) is 5.75 Å². The summed E-state index contributed by atoms with van der Waals surface area (Å²) in [6.07, 6.45) is 2.50. The van der Waals surface area contributed by atoms with Gasteiger partial charge in [0.05, 0.1) is 7.11 Å². The van der Waals surface area contributed by atoms with E-state index < -0.39 is 12.1 Å². The molecule has 2 rings (SSSR count). The summed E-state index contributed by atoms with van der Waals surface area (Å²) in [6.45, 7) is 0.0545. The van der Waals surface area contributed by atoms with E-state index in [4.69, 9.17) is 4.74 Å². The zero-order valence-electron chi connectivity index (χ0n) is 13.7. The standard InChI is InChI=1S/C16H21N3O4S/c1-23-12-5-3-11(4-6-12)9-17-14(20)10-19-15(21)13(7-8-24-2)18-16(19)22/h3-6,13H,7-10H2,1-2H3,(H,17,20)(H,18,22)/t13-/m0/s1. The van der Waals surface area contributed by atoms with Gasteiger partial charge in [-0.25, -0.2) is 4.79 Å². The van der Waals surface area contributed by atoms with E-state index in [1.165, 1.54) is 0 Å². The van der Waals surface area contributed by atoms with Crippen LogP contribution in [0.4, 0.5) is 4.79 Å². The molecule has 1 fully saturated rings. The van der Waals surface area contributed by atoms with Crippen LogP contribution in [-0.2, 0) is 16.1 Å². The Labute approximate surface area is 145 Å². The second-order valence-corrected chi connectivity index (χ2v) is 6.32. The molecule has 0 saturated carbocycles. The molecule has 0 radical (unpaired) electrons. The fourth-order valence-corrected chi connectivity index (χ4v) is 2.77. The van der Waals surface area contributed by atoms with E-state index >= 15 is 0 Å². The average molecular weight is 351 g/mol. The third-order valence-electron chi connectivity index (χ3n) is 3.67. The monoisotopic (exact) mass is 351 g/mol. The molecule has 24 heavy (non-hydrogen) atoms. The van der Waals surface area contributed by atoms with Gasteiger partial charge in [0.25, 0.3) is 5.91 Å². The van der Waals surface area contributed by atoms with Crippen LogP contribution in [0, 0.1) is 0 Å². The molecular weight excluding hydrogens is 330 g/mol. The lowest BCUT2D eigenvalue weighted by molar-refractivity contribution is -0.132. The molecule has 2 N–H and O–H groups in total. The molecule has 1 atom stereocenters. The van der Waals surface area contributed by atoms with Crippen molar-refractivity contribution in [2.45, 2.75) is 19.0 Å². The first-order valence-electron chi connectivity index (χ1n) is 7.55. The Hall–Kier alpha value is -2.22. The first-order valence-corrected chi connectivity index (χ1v) is 8.95. The average Bonchev–Trinajstić information content (AvgIpc) is 2.86. The fourth-order valence-electron chi connectivity index (χ4n) is 2.30. The van der Waals surface area contributed by atoms with Crippen molar-refractivity contribution in [3.63, 3.8) is 0 Å². The molecule has 7 nitrogen and oxygen atoms in total. The van der Waals surface area contributed by atoms with Gasteiger partial charge < -0.3 is 15.4 Å². The van der Waals surface area contributed by atoms with Crippen LogP contribution in [0.15, 0.2) is 24.3 Å². The second-order valence-electron chi connectivity index (χ2n) is 5.33. The topological polar surface area (TPSA) is 87.7 Å². The van der Waals surface area contributed by atoms with Crippen LogP contribution in [0.3, 0.4) is 0 Å². The van der Waals surface area contributed by atoms with E-state index in [1.54, 1.807) is 31.0 Å². The van der Waals surface area contributed by atoms with Gasteiger partial charge >= 0.3 is 6.03 Å². The Morgan fingerprint density at radius 3 is 2.67 bits per heavy atom.